The van der Waals surface area contributed by atoms with Crippen molar-refractivity contribution in [1.29, 1.82) is 0 Å². The Kier molecular flexibility index (Phi) is 6.27. The molecule has 1 heterocycles. The molecule has 0 unspecified atom stereocenters. The minimum Gasteiger partial charge on any atom is -0.481 e. The third-order valence-corrected chi connectivity index (χ3v) is 6.32. The highest BCUT2D eigenvalue weighted by atomic mass is 35.5. The summed E-state index contributed by atoms with van der Waals surface area (Å²) in [5, 5.41) is 9.11. The van der Waals surface area contributed by atoms with E-state index in [4.69, 9.17) is 28.3 Å². The highest BCUT2D eigenvalue weighted by molar-refractivity contribution is 7.89. The molecular weight excluding hydrogens is 363 g/mol. The second-order valence-electron chi connectivity index (χ2n) is 5.32. The van der Waals surface area contributed by atoms with E-state index in [2.05, 4.69) is 4.90 Å². The maximum atomic E-state index is 12.7. The predicted octanol–water partition coefficient (Wildman–Crippen LogP) is 2.16. The Labute approximate surface area is 145 Å². The van der Waals surface area contributed by atoms with Crippen LogP contribution in [0.25, 0.3) is 0 Å². The number of carboxylic acid groups (broad SMARTS) is 1. The molecule has 128 valence electrons. The fraction of sp³-hybridized carbons (Fsp3) is 0.500. The molecule has 0 atom stereocenters. The van der Waals surface area contributed by atoms with Gasteiger partial charge < -0.3 is 10.0 Å². The van der Waals surface area contributed by atoms with Crippen LogP contribution in [0.4, 0.5) is 0 Å². The van der Waals surface area contributed by atoms with Gasteiger partial charge in [0.25, 0.3) is 0 Å². The van der Waals surface area contributed by atoms with Crippen LogP contribution in [0.3, 0.4) is 0 Å². The number of rotatable bonds is 6. The summed E-state index contributed by atoms with van der Waals surface area (Å²) in [6.45, 7) is 2.47. The van der Waals surface area contributed by atoms with Gasteiger partial charge >= 0.3 is 5.97 Å². The van der Waals surface area contributed by atoms with Crippen molar-refractivity contribution >= 4 is 39.2 Å². The number of carbonyl (C=O) groups is 1. The van der Waals surface area contributed by atoms with Gasteiger partial charge in [-0.2, -0.15) is 4.31 Å². The highest BCUT2D eigenvalue weighted by Gasteiger charge is 2.30. The van der Waals surface area contributed by atoms with Gasteiger partial charge in [0.1, 0.15) is 4.90 Å². The van der Waals surface area contributed by atoms with Gasteiger partial charge in [-0.1, -0.05) is 23.2 Å². The largest absolute Gasteiger partial charge is 0.481 e. The molecule has 1 N–H and O–H groups in total. The van der Waals surface area contributed by atoms with Crippen LogP contribution in [0.2, 0.25) is 10.0 Å². The molecule has 1 aliphatic heterocycles. The minimum atomic E-state index is -3.68. The van der Waals surface area contributed by atoms with Crippen molar-refractivity contribution in [3.63, 3.8) is 0 Å². The van der Waals surface area contributed by atoms with Gasteiger partial charge in [0.15, 0.2) is 0 Å². The molecular formula is C14H18Cl2N2O4S. The van der Waals surface area contributed by atoms with Crippen molar-refractivity contribution < 1.29 is 18.3 Å². The zero-order valence-corrected chi connectivity index (χ0v) is 14.7. The first kappa shape index (κ1) is 18.5. The summed E-state index contributed by atoms with van der Waals surface area (Å²) in [6.07, 6.45) is 0.679. The molecule has 0 amide bonds. The van der Waals surface area contributed by atoms with E-state index in [1.54, 1.807) is 6.07 Å². The van der Waals surface area contributed by atoms with Crippen LogP contribution in [0.5, 0.6) is 0 Å². The Balaban J connectivity index is 1.98. The van der Waals surface area contributed by atoms with Gasteiger partial charge in [0, 0.05) is 37.6 Å². The molecule has 6 nitrogen and oxygen atoms in total. The number of sulfonamides is 1. The van der Waals surface area contributed by atoms with Crippen LogP contribution in [-0.4, -0.2) is 61.4 Å². The van der Waals surface area contributed by atoms with E-state index in [0.29, 0.717) is 44.2 Å². The maximum Gasteiger partial charge on any atom is 0.303 e. The fourth-order valence-corrected chi connectivity index (χ4v) is 4.62. The molecule has 0 aliphatic carbocycles. The fourth-order valence-electron chi connectivity index (χ4n) is 2.46. The number of carboxylic acids is 1. The second-order valence-corrected chi connectivity index (χ2v) is 8.07. The summed E-state index contributed by atoms with van der Waals surface area (Å²) in [4.78, 5) is 12.6. The normalized spacial score (nSPS) is 17.3. The second kappa shape index (κ2) is 7.81. The van der Waals surface area contributed by atoms with Crippen LogP contribution in [-0.2, 0) is 14.8 Å². The molecule has 1 fully saturated rings. The van der Waals surface area contributed by atoms with Gasteiger partial charge in [-0.25, -0.2) is 8.42 Å². The number of nitrogens with zero attached hydrogens (tertiary/aromatic N) is 2. The Hall–Kier alpha value is -0.860. The summed E-state index contributed by atoms with van der Waals surface area (Å²) in [7, 11) is -3.68. The van der Waals surface area contributed by atoms with E-state index >= 15 is 0 Å². The lowest BCUT2D eigenvalue weighted by Crippen LogP contribution is -2.48. The van der Waals surface area contributed by atoms with E-state index in [1.165, 1.54) is 16.4 Å². The lowest BCUT2D eigenvalue weighted by Gasteiger charge is -2.34. The topological polar surface area (TPSA) is 77.9 Å². The maximum absolute atomic E-state index is 12.7. The Morgan fingerprint density at radius 2 is 1.83 bits per heavy atom. The quantitative estimate of drug-likeness (QED) is 0.817. The van der Waals surface area contributed by atoms with Gasteiger partial charge in [0.2, 0.25) is 10.0 Å². The average molecular weight is 381 g/mol. The third kappa shape index (κ3) is 4.81. The van der Waals surface area contributed by atoms with Crippen molar-refractivity contribution in [3.05, 3.63) is 28.2 Å². The van der Waals surface area contributed by atoms with Crippen molar-refractivity contribution in [3.8, 4) is 0 Å². The SMILES string of the molecule is O=C(O)CCCN1CCN(S(=O)(=O)c2cc(Cl)ccc2Cl)CC1. The number of hydrogen-bond acceptors (Lipinski definition) is 4. The first-order valence-corrected chi connectivity index (χ1v) is 9.39. The molecule has 1 saturated heterocycles. The molecule has 23 heavy (non-hydrogen) atoms. The number of piperazine rings is 1. The van der Waals surface area contributed by atoms with Crippen LogP contribution < -0.4 is 0 Å². The predicted molar refractivity (Wildman–Crippen MR) is 88.5 cm³/mol. The first-order chi connectivity index (χ1) is 10.8. The van der Waals surface area contributed by atoms with Crippen LogP contribution >= 0.6 is 23.2 Å². The Morgan fingerprint density at radius 3 is 2.43 bits per heavy atom. The van der Waals surface area contributed by atoms with E-state index in [0.717, 1.165) is 0 Å². The van der Waals surface area contributed by atoms with Gasteiger partial charge in [-0.3, -0.25) is 4.79 Å². The molecule has 0 spiro atoms. The smallest absolute Gasteiger partial charge is 0.303 e. The Morgan fingerprint density at radius 1 is 1.17 bits per heavy atom. The van der Waals surface area contributed by atoms with Crippen LogP contribution in [0.1, 0.15) is 12.8 Å². The van der Waals surface area contributed by atoms with Crippen LogP contribution in [0, 0.1) is 0 Å². The lowest BCUT2D eigenvalue weighted by atomic mass is 10.2. The molecule has 1 aromatic carbocycles. The third-order valence-electron chi connectivity index (χ3n) is 3.71. The van der Waals surface area contributed by atoms with Gasteiger partial charge in [-0.05, 0) is 31.2 Å². The van der Waals surface area contributed by atoms with Gasteiger partial charge in [-0.15, -0.1) is 0 Å². The zero-order chi connectivity index (χ0) is 17.0. The Bertz CT molecular complexity index is 673. The summed E-state index contributed by atoms with van der Waals surface area (Å²) < 4.78 is 26.7. The van der Waals surface area contributed by atoms with E-state index in [9.17, 15) is 13.2 Å². The number of hydrogen-bond donors (Lipinski definition) is 1. The summed E-state index contributed by atoms with van der Waals surface area (Å²) in [6, 6.07) is 4.38. The average Bonchev–Trinajstić information content (AvgIpc) is 2.50. The molecule has 2 rings (SSSR count). The van der Waals surface area contributed by atoms with E-state index in [-0.39, 0.29) is 16.3 Å². The zero-order valence-electron chi connectivity index (χ0n) is 12.4. The molecule has 0 aromatic heterocycles. The van der Waals surface area contributed by atoms with Crippen molar-refractivity contribution in [2.75, 3.05) is 32.7 Å². The molecule has 1 aliphatic rings. The molecule has 0 saturated carbocycles. The van der Waals surface area contributed by atoms with Crippen LogP contribution in [0.15, 0.2) is 23.1 Å². The summed E-state index contributed by atoms with van der Waals surface area (Å²) >= 11 is 11.9. The monoisotopic (exact) mass is 380 g/mol. The summed E-state index contributed by atoms with van der Waals surface area (Å²) in [5.74, 6) is -0.818. The molecule has 9 heteroatoms. The van der Waals surface area contributed by atoms with E-state index < -0.39 is 16.0 Å². The van der Waals surface area contributed by atoms with E-state index in [1.807, 2.05) is 0 Å². The summed E-state index contributed by atoms with van der Waals surface area (Å²) in [5.41, 5.74) is 0. The van der Waals surface area contributed by atoms with Crippen molar-refractivity contribution in [2.24, 2.45) is 0 Å². The molecule has 0 radical (unpaired) electrons. The number of halogens is 2. The highest BCUT2D eigenvalue weighted by Crippen LogP contribution is 2.28. The van der Waals surface area contributed by atoms with Crippen molar-refractivity contribution in [1.82, 2.24) is 9.21 Å². The molecule has 0 bridgehead atoms. The minimum absolute atomic E-state index is 0.0194. The number of aliphatic carboxylic acids is 1. The van der Waals surface area contributed by atoms with Gasteiger partial charge in [0.05, 0.1) is 5.02 Å². The molecule has 1 aromatic rings. The lowest BCUT2D eigenvalue weighted by molar-refractivity contribution is -0.137. The first-order valence-electron chi connectivity index (χ1n) is 7.20. The number of benzene rings is 1. The standard InChI is InChI=1S/C14H18Cl2N2O4S/c15-11-3-4-12(16)13(10-11)23(21,22)18-8-6-17(7-9-18)5-1-2-14(19)20/h3-4,10H,1-2,5-9H2,(H,19,20). The van der Waals surface area contributed by atoms with Crippen molar-refractivity contribution in [2.45, 2.75) is 17.7 Å².